The fourth-order valence-electron chi connectivity index (χ4n) is 1.09. The van der Waals surface area contributed by atoms with Crippen molar-refractivity contribution < 1.29 is 13.8 Å². The summed E-state index contributed by atoms with van der Waals surface area (Å²) in [5.74, 6) is 1.52. The second kappa shape index (κ2) is 12.5. The van der Waals surface area contributed by atoms with Crippen LogP contribution >= 0.6 is 24.1 Å². The minimum Gasteiger partial charge on any atom is -0.393 e. The summed E-state index contributed by atoms with van der Waals surface area (Å²) < 4.78 is 5.25. The minimum absolute atomic E-state index is 0.317. The molecule has 5 heteroatoms. The van der Waals surface area contributed by atoms with Gasteiger partial charge in [-0.1, -0.05) is 12.2 Å². The van der Waals surface area contributed by atoms with Crippen molar-refractivity contribution >= 4 is 24.1 Å². The van der Waals surface area contributed by atoms with Gasteiger partial charge in [0.15, 0.2) is 0 Å². The Hall–Kier alpha value is 0.0600. The molecule has 2 atom stereocenters. The lowest BCUT2D eigenvalue weighted by atomic mass is 10.2. The van der Waals surface area contributed by atoms with Gasteiger partial charge in [0.2, 0.25) is 0 Å². The summed E-state index contributed by atoms with van der Waals surface area (Å²) in [5.41, 5.74) is 0. The van der Waals surface area contributed by atoms with Crippen molar-refractivity contribution in [3.63, 3.8) is 0 Å². The molecule has 0 aliphatic carbocycles. The molecule has 100 valence electrons. The van der Waals surface area contributed by atoms with Gasteiger partial charge in [-0.2, -0.15) is 0 Å². The van der Waals surface area contributed by atoms with Gasteiger partial charge in [-0.3, -0.25) is 0 Å². The number of hydrogen-bond acceptors (Lipinski definition) is 5. The van der Waals surface area contributed by atoms with Crippen molar-refractivity contribution in [2.75, 3.05) is 11.5 Å². The summed E-state index contributed by atoms with van der Waals surface area (Å²) in [6.45, 7) is 7.14. The zero-order valence-corrected chi connectivity index (χ0v) is 11.7. The highest BCUT2D eigenvalue weighted by molar-refractivity contribution is 8.07. The van der Waals surface area contributed by atoms with Crippen LogP contribution < -0.4 is 0 Å². The Morgan fingerprint density at radius 1 is 0.941 bits per heavy atom. The second-order valence-electron chi connectivity index (χ2n) is 3.65. The van der Waals surface area contributed by atoms with E-state index in [0.717, 1.165) is 11.5 Å². The van der Waals surface area contributed by atoms with Crippen LogP contribution in [0, 0.1) is 0 Å². The summed E-state index contributed by atoms with van der Waals surface area (Å²) in [4.78, 5) is 0. The summed E-state index contributed by atoms with van der Waals surface area (Å²) in [6, 6.07) is 0. The number of aliphatic hydroxyl groups excluding tert-OH is 2. The van der Waals surface area contributed by atoms with Gasteiger partial charge in [-0.05, 0) is 25.7 Å². The number of hydrogen-bond donors (Lipinski definition) is 2. The van der Waals surface area contributed by atoms with Crippen LogP contribution in [-0.2, 0) is 3.63 Å². The normalized spacial score (nSPS) is 14.2. The predicted molar refractivity (Wildman–Crippen MR) is 76.9 cm³/mol. The first-order chi connectivity index (χ1) is 8.20. The number of rotatable bonds is 12. The molecule has 0 amide bonds. The Labute approximate surface area is 113 Å². The first-order valence-corrected chi connectivity index (χ1v) is 7.51. The molecular weight excluding hydrogens is 256 g/mol. The van der Waals surface area contributed by atoms with Gasteiger partial charge < -0.3 is 10.2 Å². The summed E-state index contributed by atoms with van der Waals surface area (Å²) in [5, 5.41) is 18.8. The zero-order valence-electron chi connectivity index (χ0n) is 10.1. The van der Waals surface area contributed by atoms with Crippen LogP contribution in [0.1, 0.15) is 25.7 Å². The highest BCUT2D eigenvalue weighted by atomic mass is 32.2. The average molecular weight is 278 g/mol. The van der Waals surface area contributed by atoms with Crippen LogP contribution in [0.5, 0.6) is 0 Å². The van der Waals surface area contributed by atoms with E-state index < -0.39 is 0 Å². The highest BCUT2D eigenvalue weighted by Crippen LogP contribution is 2.18. The summed E-state index contributed by atoms with van der Waals surface area (Å²) in [6.07, 6.45) is 5.46. The van der Waals surface area contributed by atoms with E-state index in [1.807, 2.05) is 0 Å². The van der Waals surface area contributed by atoms with E-state index in [2.05, 4.69) is 13.2 Å². The second-order valence-corrected chi connectivity index (χ2v) is 5.48. The van der Waals surface area contributed by atoms with E-state index in [1.165, 1.54) is 24.1 Å². The molecule has 0 aromatic rings. The number of aliphatic hydroxyl groups is 2. The summed E-state index contributed by atoms with van der Waals surface area (Å²) in [7, 11) is 0. The Kier molecular flexibility index (Phi) is 12.6. The van der Waals surface area contributed by atoms with Crippen LogP contribution in [0.15, 0.2) is 25.3 Å². The predicted octanol–water partition coefficient (Wildman–Crippen LogP) is 2.95. The lowest BCUT2D eigenvalue weighted by Crippen LogP contribution is -2.06. The van der Waals surface area contributed by atoms with E-state index in [9.17, 15) is 10.2 Å². The van der Waals surface area contributed by atoms with Gasteiger partial charge in [0.1, 0.15) is 0 Å². The maximum Gasteiger partial charge on any atom is 0.0583 e. The van der Waals surface area contributed by atoms with E-state index >= 15 is 0 Å². The van der Waals surface area contributed by atoms with Crippen molar-refractivity contribution in [2.45, 2.75) is 37.9 Å². The third-order valence-corrected chi connectivity index (χ3v) is 3.62. The fraction of sp³-hybridized carbons (Fsp3) is 0.667. The lowest BCUT2D eigenvalue weighted by molar-refractivity contribution is 0.175. The van der Waals surface area contributed by atoms with Crippen molar-refractivity contribution in [3.8, 4) is 0 Å². The maximum atomic E-state index is 9.39. The molecule has 17 heavy (non-hydrogen) atoms. The molecule has 0 saturated heterocycles. The molecule has 2 N–H and O–H groups in total. The topological polar surface area (TPSA) is 49.7 Å². The van der Waals surface area contributed by atoms with E-state index in [-0.39, 0.29) is 12.2 Å². The van der Waals surface area contributed by atoms with Gasteiger partial charge >= 0.3 is 0 Å². The third-order valence-electron chi connectivity index (χ3n) is 2.04. The average Bonchev–Trinajstić information content (AvgIpc) is 2.28. The third kappa shape index (κ3) is 12.3. The Bertz CT molecular complexity index is 180. The van der Waals surface area contributed by atoms with Crippen LogP contribution in [0.3, 0.4) is 0 Å². The van der Waals surface area contributed by atoms with E-state index in [1.54, 1.807) is 12.2 Å². The van der Waals surface area contributed by atoms with Gasteiger partial charge in [0, 0.05) is 35.6 Å². The van der Waals surface area contributed by atoms with Gasteiger partial charge in [0.25, 0.3) is 0 Å². The van der Waals surface area contributed by atoms with Crippen LogP contribution in [0.2, 0.25) is 0 Å². The highest BCUT2D eigenvalue weighted by Gasteiger charge is 2.03. The van der Waals surface area contributed by atoms with E-state index in [4.69, 9.17) is 3.63 Å². The molecule has 0 spiro atoms. The molecule has 0 radical (unpaired) electrons. The summed E-state index contributed by atoms with van der Waals surface area (Å²) >= 11 is 2.68. The first kappa shape index (κ1) is 17.1. The first-order valence-electron chi connectivity index (χ1n) is 5.69. The van der Waals surface area contributed by atoms with Crippen molar-refractivity contribution in [2.24, 2.45) is 0 Å². The van der Waals surface area contributed by atoms with Crippen molar-refractivity contribution in [1.29, 1.82) is 0 Å². The molecule has 0 aromatic carbocycles. The van der Waals surface area contributed by atoms with Gasteiger partial charge in [-0.25, -0.2) is 3.63 Å². The minimum atomic E-state index is -0.317. The molecule has 0 aromatic heterocycles. The van der Waals surface area contributed by atoms with Crippen LogP contribution in [-0.4, -0.2) is 33.9 Å². The molecule has 0 rings (SSSR count). The van der Waals surface area contributed by atoms with Crippen molar-refractivity contribution in [3.05, 3.63) is 25.3 Å². The maximum absolute atomic E-state index is 9.39. The Morgan fingerprint density at radius 3 is 1.71 bits per heavy atom. The van der Waals surface area contributed by atoms with Crippen molar-refractivity contribution in [1.82, 2.24) is 0 Å². The van der Waals surface area contributed by atoms with Crippen LogP contribution in [0.25, 0.3) is 0 Å². The Morgan fingerprint density at radius 2 is 1.35 bits per heavy atom. The van der Waals surface area contributed by atoms with Gasteiger partial charge in [-0.15, -0.1) is 13.2 Å². The van der Waals surface area contributed by atoms with Gasteiger partial charge in [0.05, 0.1) is 12.2 Å². The molecule has 0 saturated carbocycles. The monoisotopic (exact) mass is 278 g/mol. The fourth-order valence-corrected chi connectivity index (χ4v) is 2.64. The molecular formula is C12H22O3S2. The molecule has 0 aliphatic rings. The zero-order chi connectivity index (χ0) is 12.9. The molecule has 3 nitrogen and oxygen atoms in total. The molecule has 2 unspecified atom stereocenters. The molecule has 0 bridgehead atoms. The SMILES string of the molecule is C=CCC(O)CCSOSCCC(O)CC=C. The Balaban J connectivity index is 3.18. The smallest absolute Gasteiger partial charge is 0.0583 e. The molecule has 0 fully saturated rings. The molecule has 0 heterocycles. The molecule has 0 aliphatic heterocycles. The largest absolute Gasteiger partial charge is 0.393 e. The quantitative estimate of drug-likeness (QED) is 0.326. The van der Waals surface area contributed by atoms with Crippen LogP contribution in [0.4, 0.5) is 0 Å². The lowest BCUT2D eigenvalue weighted by Gasteiger charge is -2.08. The van der Waals surface area contributed by atoms with E-state index in [0.29, 0.717) is 25.7 Å². The standard InChI is InChI=1S/C12H22O3S2/c1-3-5-11(13)7-9-16-15-17-10-8-12(14)6-4-2/h3-4,11-14H,1-2,5-10H2.